The number of amides is 1. The van der Waals surface area contributed by atoms with Gasteiger partial charge in [0.1, 0.15) is 11.6 Å². The topological polar surface area (TPSA) is 114 Å². The van der Waals surface area contributed by atoms with Crippen molar-refractivity contribution in [1.82, 2.24) is 9.97 Å². The summed E-state index contributed by atoms with van der Waals surface area (Å²) in [6.45, 7) is 3.64. The van der Waals surface area contributed by atoms with Crippen molar-refractivity contribution in [3.05, 3.63) is 131 Å². The van der Waals surface area contributed by atoms with E-state index in [0.29, 0.717) is 17.8 Å². The van der Waals surface area contributed by atoms with Gasteiger partial charge in [0.25, 0.3) is 0 Å². The van der Waals surface area contributed by atoms with Crippen LogP contribution < -0.4 is 21.7 Å². The van der Waals surface area contributed by atoms with Crippen LogP contribution in [0.5, 0.6) is 0 Å². The van der Waals surface area contributed by atoms with E-state index in [4.69, 9.17) is 15.5 Å². The molecule has 0 fully saturated rings. The Bertz CT molecular complexity index is 2090. The molecule has 2 atom stereocenters. The van der Waals surface area contributed by atoms with Gasteiger partial charge in [0.2, 0.25) is 0 Å². The third kappa shape index (κ3) is 7.03. The van der Waals surface area contributed by atoms with Gasteiger partial charge in [0, 0.05) is 22.1 Å². The minimum Gasteiger partial charge on any atom is -0.447 e. The van der Waals surface area contributed by atoms with Gasteiger partial charge < -0.3 is 21.1 Å². The number of aromatic nitrogens is 2. The number of nitrogens with two attached hydrogens (primary N) is 1. The Balaban J connectivity index is 0.000000156. The first-order valence-electron chi connectivity index (χ1n) is 16.6. The van der Waals surface area contributed by atoms with Crippen LogP contribution >= 0.6 is 0 Å². The molecular weight excluding hydrogens is 596 g/mol. The van der Waals surface area contributed by atoms with Gasteiger partial charge in [0.15, 0.2) is 0 Å². The second-order valence-electron chi connectivity index (χ2n) is 12.7. The van der Waals surface area contributed by atoms with Crippen molar-refractivity contribution in [3.63, 3.8) is 0 Å². The van der Waals surface area contributed by atoms with E-state index in [1.807, 2.05) is 68.4 Å². The Morgan fingerprint density at radius 2 is 1.25 bits per heavy atom. The Hall–Kier alpha value is -5.63. The van der Waals surface area contributed by atoms with Crippen LogP contribution in [0, 0.1) is 0 Å². The molecular formula is C40H40N6O2. The summed E-state index contributed by atoms with van der Waals surface area (Å²) in [5.41, 5.74) is 14.8. The zero-order valence-corrected chi connectivity index (χ0v) is 27.2. The van der Waals surface area contributed by atoms with E-state index in [1.54, 1.807) is 0 Å². The van der Waals surface area contributed by atoms with Gasteiger partial charge in [-0.05, 0) is 122 Å². The minimum absolute atomic E-state index is 0.151. The number of nitrogens with one attached hydrogen (secondary N) is 3. The average Bonchev–Trinajstić information content (AvgIpc) is 3.69. The predicted molar refractivity (Wildman–Crippen MR) is 195 cm³/mol. The number of nitrogen functional groups attached to an aromatic ring is 1. The third-order valence-corrected chi connectivity index (χ3v) is 8.90. The maximum Gasteiger partial charge on any atom is 0.411 e. The molecule has 8 rings (SSSR count). The molecule has 0 radical (unpaired) electrons. The van der Waals surface area contributed by atoms with Crippen molar-refractivity contribution in [1.29, 1.82) is 0 Å². The highest BCUT2D eigenvalue weighted by atomic mass is 16.6. The summed E-state index contributed by atoms with van der Waals surface area (Å²) in [6, 6.07) is 37.5. The maximum absolute atomic E-state index is 11.7. The highest BCUT2D eigenvalue weighted by molar-refractivity contribution is 5.90. The molecule has 8 nitrogen and oxygen atoms in total. The summed E-state index contributed by atoms with van der Waals surface area (Å²) in [5, 5.41) is 11.9. The van der Waals surface area contributed by atoms with Crippen molar-refractivity contribution < 1.29 is 9.53 Å². The third-order valence-electron chi connectivity index (χ3n) is 8.90. The number of hydrogen-bond donors (Lipinski definition) is 4. The molecule has 0 saturated carbocycles. The number of benzene rings is 4. The maximum atomic E-state index is 11.7. The van der Waals surface area contributed by atoms with Crippen LogP contribution in [0.4, 0.5) is 27.8 Å². The zero-order valence-electron chi connectivity index (χ0n) is 27.2. The first-order chi connectivity index (χ1) is 23.4. The van der Waals surface area contributed by atoms with Crippen LogP contribution in [0.25, 0.3) is 21.8 Å². The standard InChI is InChI=1S/C22H23N3O2.C18H17N3/c1-14(2)27-22(26)23-17-9-11-19-16(13-17)8-12-21(24-19)25-20-10-7-15-5-3-4-6-18(15)20;19-14-7-9-16-13(11-14)6-10-18(20-16)21-17-8-5-12-3-1-2-4-15(12)17/h3-6,8-9,11-14,20H,7,10H2,1-2H3,(H,23,26)(H,24,25);1-4,6-7,9-11,17H,5,8,19H2,(H,20,21)/t20-;17-/m11/s1. The van der Waals surface area contributed by atoms with E-state index < -0.39 is 6.09 Å². The van der Waals surface area contributed by atoms with E-state index in [0.717, 1.165) is 64.8 Å². The Morgan fingerprint density at radius 3 is 1.83 bits per heavy atom. The van der Waals surface area contributed by atoms with Crippen LogP contribution in [0.3, 0.4) is 0 Å². The van der Waals surface area contributed by atoms with Crippen LogP contribution in [0.2, 0.25) is 0 Å². The quantitative estimate of drug-likeness (QED) is 0.135. The molecule has 6 aromatic rings. The fourth-order valence-corrected chi connectivity index (χ4v) is 6.64. The highest BCUT2D eigenvalue weighted by Crippen LogP contribution is 2.35. The fraction of sp³-hybridized carbons (Fsp3) is 0.225. The highest BCUT2D eigenvalue weighted by Gasteiger charge is 2.23. The van der Waals surface area contributed by atoms with Crippen LogP contribution in [-0.4, -0.2) is 22.2 Å². The fourth-order valence-electron chi connectivity index (χ4n) is 6.64. The van der Waals surface area contributed by atoms with Crippen molar-refractivity contribution in [2.45, 2.75) is 57.7 Å². The van der Waals surface area contributed by atoms with E-state index >= 15 is 0 Å². The van der Waals surface area contributed by atoms with Gasteiger partial charge >= 0.3 is 6.09 Å². The molecule has 8 heteroatoms. The Labute approximate surface area is 280 Å². The number of pyridine rings is 2. The molecule has 242 valence electrons. The number of rotatable bonds is 6. The van der Waals surface area contributed by atoms with E-state index in [2.05, 4.69) is 75.5 Å². The molecule has 0 unspecified atom stereocenters. The second kappa shape index (κ2) is 13.6. The molecule has 48 heavy (non-hydrogen) atoms. The summed E-state index contributed by atoms with van der Waals surface area (Å²) in [4.78, 5) is 21.2. The molecule has 0 aliphatic heterocycles. The number of anilines is 4. The first kappa shape index (κ1) is 31.0. The van der Waals surface area contributed by atoms with Gasteiger partial charge in [-0.1, -0.05) is 48.5 Å². The summed E-state index contributed by atoms with van der Waals surface area (Å²) in [6.07, 6.45) is 3.85. The van der Waals surface area contributed by atoms with Crippen LogP contribution in [-0.2, 0) is 17.6 Å². The predicted octanol–water partition coefficient (Wildman–Crippen LogP) is 9.21. The van der Waals surface area contributed by atoms with E-state index in [1.165, 1.54) is 22.3 Å². The first-order valence-corrected chi connectivity index (χ1v) is 16.6. The second-order valence-corrected chi connectivity index (χ2v) is 12.7. The average molecular weight is 637 g/mol. The molecule has 5 N–H and O–H groups in total. The molecule has 0 spiro atoms. The Morgan fingerprint density at radius 1 is 0.708 bits per heavy atom. The van der Waals surface area contributed by atoms with E-state index in [9.17, 15) is 4.79 Å². The SMILES string of the molecule is CC(C)OC(=O)Nc1ccc2nc(N[C@@H]3CCc4ccccc43)ccc2c1.Nc1ccc2nc(N[C@@H]3CCc4ccccc43)ccc2c1. The molecule has 2 heterocycles. The number of fused-ring (bicyclic) bond motifs is 4. The van der Waals surface area contributed by atoms with Crippen LogP contribution in [0.1, 0.15) is 61.0 Å². The lowest BCUT2D eigenvalue weighted by Gasteiger charge is -2.15. The molecule has 2 aromatic heterocycles. The number of aryl methyl sites for hydroxylation is 2. The van der Waals surface area contributed by atoms with Crippen molar-refractivity contribution in [2.75, 3.05) is 21.7 Å². The summed E-state index contributed by atoms with van der Waals surface area (Å²) in [5.74, 6) is 1.79. The summed E-state index contributed by atoms with van der Waals surface area (Å²) in [7, 11) is 0. The largest absolute Gasteiger partial charge is 0.447 e. The van der Waals surface area contributed by atoms with Gasteiger partial charge in [-0.25, -0.2) is 14.8 Å². The molecule has 4 aromatic carbocycles. The molecule has 0 saturated heterocycles. The van der Waals surface area contributed by atoms with Crippen molar-refractivity contribution in [2.24, 2.45) is 0 Å². The van der Waals surface area contributed by atoms with Crippen molar-refractivity contribution >= 4 is 50.9 Å². The van der Waals surface area contributed by atoms with Gasteiger partial charge in [0.05, 0.1) is 29.2 Å². The lowest BCUT2D eigenvalue weighted by atomic mass is 10.1. The normalized spacial score (nSPS) is 16.1. The van der Waals surface area contributed by atoms with Gasteiger partial charge in [-0.3, -0.25) is 5.32 Å². The van der Waals surface area contributed by atoms with Gasteiger partial charge in [-0.2, -0.15) is 0 Å². The van der Waals surface area contributed by atoms with E-state index in [-0.39, 0.29) is 6.10 Å². The molecule has 2 aliphatic carbocycles. The summed E-state index contributed by atoms with van der Waals surface area (Å²) < 4.78 is 5.11. The van der Waals surface area contributed by atoms with Crippen molar-refractivity contribution in [3.8, 4) is 0 Å². The monoisotopic (exact) mass is 636 g/mol. The van der Waals surface area contributed by atoms with Gasteiger partial charge in [-0.15, -0.1) is 0 Å². The number of carbonyl (C=O) groups is 1. The molecule has 0 bridgehead atoms. The summed E-state index contributed by atoms with van der Waals surface area (Å²) >= 11 is 0. The number of hydrogen-bond acceptors (Lipinski definition) is 7. The molecule has 1 amide bonds. The number of nitrogens with zero attached hydrogens (tertiary/aromatic N) is 2. The lowest BCUT2D eigenvalue weighted by Crippen LogP contribution is -2.17. The number of ether oxygens (including phenoxy) is 1. The van der Waals surface area contributed by atoms with Crippen LogP contribution in [0.15, 0.2) is 109 Å². The zero-order chi connectivity index (χ0) is 33.0. The number of carbonyl (C=O) groups excluding carboxylic acids is 1. The lowest BCUT2D eigenvalue weighted by molar-refractivity contribution is 0.130. The smallest absolute Gasteiger partial charge is 0.411 e. The minimum atomic E-state index is -0.449. The molecule has 2 aliphatic rings. The Kier molecular flexibility index (Phi) is 8.79.